The molecule has 138 valence electrons. The minimum absolute atomic E-state index is 0.0916. The molecule has 1 aromatic heterocycles. The van der Waals surface area contributed by atoms with Crippen molar-refractivity contribution in [3.8, 4) is 16.5 Å². The van der Waals surface area contributed by atoms with Crippen LogP contribution in [0.2, 0.25) is 0 Å². The monoisotopic (exact) mass is 389 g/mol. The number of ether oxygens (including phenoxy) is 1. The smallest absolute Gasteiger partial charge is 0.152 e. The van der Waals surface area contributed by atoms with Crippen molar-refractivity contribution in [1.29, 1.82) is 5.26 Å². The van der Waals surface area contributed by atoms with Crippen molar-refractivity contribution in [3.63, 3.8) is 0 Å². The SMILES string of the molecule is CC(C)S(=O)(=O)C[C@H]1CCOC[C@H]1c1ccc(-c2ccc(C#N)s2)cc1. The van der Waals surface area contributed by atoms with Crippen molar-refractivity contribution in [2.75, 3.05) is 19.0 Å². The van der Waals surface area contributed by atoms with Crippen LogP contribution in [-0.4, -0.2) is 32.6 Å². The molecule has 2 atom stereocenters. The molecule has 0 radical (unpaired) electrons. The third kappa shape index (κ3) is 4.17. The lowest BCUT2D eigenvalue weighted by molar-refractivity contribution is 0.0531. The normalized spacial score (nSPS) is 20.8. The van der Waals surface area contributed by atoms with E-state index in [9.17, 15) is 8.42 Å². The van der Waals surface area contributed by atoms with Crippen LogP contribution in [0.3, 0.4) is 0 Å². The van der Waals surface area contributed by atoms with Crippen LogP contribution in [0.15, 0.2) is 36.4 Å². The van der Waals surface area contributed by atoms with Crippen LogP contribution in [0.25, 0.3) is 10.4 Å². The maximum atomic E-state index is 12.4. The topological polar surface area (TPSA) is 67.2 Å². The molecule has 1 aromatic carbocycles. The Morgan fingerprint density at radius 1 is 1.23 bits per heavy atom. The summed E-state index contributed by atoms with van der Waals surface area (Å²) in [4.78, 5) is 1.76. The molecule has 0 spiro atoms. The molecular formula is C20H23NO3S2. The van der Waals surface area contributed by atoms with Gasteiger partial charge in [0.05, 0.1) is 17.6 Å². The van der Waals surface area contributed by atoms with E-state index in [1.54, 1.807) is 13.8 Å². The van der Waals surface area contributed by atoms with Crippen molar-refractivity contribution in [1.82, 2.24) is 0 Å². The zero-order valence-corrected chi connectivity index (χ0v) is 16.6. The minimum Gasteiger partial charge on any atom is -0.381 e. The van der Waals surface area contributed by atoms with E-state index in [-0.39, 0.29) is 22.8 Å². The van der Waals surface area contributed by atoms with E-state index in [1.165, 1.54) is 11.3 Å². The van der Waals surface area contributed by atoms with Crippen LogP contribution >= 0.6 is 11.3 Å². The third-order valence-corrected chi connectivity index (χ3v) is 8.37. The summed E-state index contributed by atoms with van der Waals surface area (Å²) < 4.78 is 30.4. The molecule has 0 N–H and O–H groups in total. The average Bonchev–Trinajstić information content (AvgIpc) is 3.11. The Morgan fingerprint density at radius 2 is 1.96 bits per heavy atom. The van der Waals surface area contributed by atoms with E-state index >= 15 is 0 Å². The van der Waals surface area contributed by atoms with Crippen LogP contribution in [0, 0.1) is 17.2 Å². The van der Waals surface area contributed by atoms with Crippen LogP contribution in [0.5, 0.6) is 0 Å². The Kier molecular flexibility index (Phi) is 5.81. The molecule has 1 fully saturated rings. The van der Waals surface area contributed by atoms with Crippen molar-refractivity contribution in [3.05, 3.63) is 46.8 Å². The highest BCUT2D eigenvalue weighted by atomic mass is 32.2. The van der Waals surface area contributed by atoms with Gasteiger partial charge in [0.1, 0.15) is 10.9 Å². The van der Waals surface area contributed by atoms with Crippen molar-refractivity contribution in [2.45, 2.75) is 31.4 Å². The van der Waals surface area contributed by atoms with E-state index in [4.69, 9.17) is 10.00 Å². The second-order valence-electron chi connectivity index (χ2n) is 7.01. The van der Waals surface area contributed by atoms with Gasteiger partial charge in [0.25, 0.3) is 0 Å². The Hall–Kier alpha value is -1.68. The first kappa shape index (κ1) is 19.1. The predicted molar refractivity (Wildman–Crippen MR) is 105 cm³/mol. The third-order valence-electron chi connectivity index (χ3n) is 5.00. The summed E-state index contributed by atoms with van der Waals surface area (Å²) >= 11 is 1.47. The van der Waals surface area contributed by atoms with Gasteiger partial charge in [0.15, 0.2) is 9.84 Å². The highest BCUT2D eigenvalue weighted by Crippen LogP contribution is 2.35. The van der Waals surface area contributed by atoms with Gasteiger partial charge in [0, 0.05) is 17.4 Å². The van der Waals surface area contributed by atoms with Gasteiger partial charge in [-0.3, -0.25) is 0 Å². The molecule has 1 saturated heterocycles. The summed E-state index contributed by atoms with van der Waals surface area (Å²) in [6.45, 7) is 4.68. The molecule has 3 rings (SSSR count). The van der Waals surface area contributed by atoms with Gasteiger partial charge in [-0.2, -0.15) is 5.26 Å². The summed E-state index contributed by atoms with van der Waals surface area (Å²) in [5.74, 6) is 0.412. The van der Waals surface area contributed by atoms with Gasteiger partial charge in [0.2, 0.25) is 0 Å². The lowest BCUT2D eigenvalue weighted by Crippen LogP contribution is -2.33. The average molecular weight is 390 g/mol. The summed E-state index contributed by atoms with van der Waals surface area (Å²) in [5, 5.41) is 8.62. The first-order valence-electron chi connectivity index (χ1n) is 8.80. The van der Waals surface area contributed by atoms with E-state index in [0.717, 1.165) is 22.4 Å². The number of hydrogen-bond acceptors (Lipinski definition) is 5. The first-order chi connectivity index (χ1) is 12.4. The molecule has 1 aliphatic rings. The number of nitrogens with zero attached hydrogens (tertiary/aromatic N) is 1. The fourth-order valence-electron chi connectivity index (χ4n) is 3.29. The molecule has 0 bridgehead atoms. The Balaban J connectivity index is 1.81. The number of sulfone groups is 1. The van der Waals surface area contributed by atoms with Crippen molar-refractivity contribution >= 4 is 21.2 Å². The molecule has 0 aliphatic carbocycles. The fourth-order valence-corrected chi connectivity index (χ4v) is 5.48. The first-order valence-corrected chi connectivity index (χ1v) is 11.3. The predicted octanol–water partition coefficient (Wildman–Crippen LogP) is 4.23. The summed E-state index contributed by atoms with van der Waals surface area (Å²) in [5.41, 5.74) is 2.19. The van der Waals surface area contributed by atoms with E-state index in [0.29, 0.717) is 18.1 Å². The molecule has 4 nitrogen and oxygen atoms in total. The van der Waals surface area contributed by atoms with Gasteiger partial charge in [-0.1, -0.05) is 24.3 Å². The number of benzene rings is 1. The van der Waals surface area contributed by atoms with Crippen LogP contribution in [0.4, 0.5) is 0 Å². The molecule has 6 heteroatoms. The number of rotatable bonds is 5. The minimum atomic E-state index is -3.07. The van der Waals surface area contributed by atoms with Crippen molar-refractivity contribution in [2.24, 2.45) is 5.92 Å². The summed E-state index contributed by atoms with van der Waals surface area (Å²) in [6, 6.07) is 14.2. The molecule has 2 heterocycles. The van der Waals surface area contributed by atoms with Crippen LogP contribution in [-0.2, 0) is 14.6 Å². The van der Waals surface area contributed by atoms with Gasteiger partial charge in [-0.25, -0.2) is 8.42 Å². The Labute approximate surface area is 159 Å². The maximum absolute atomic E-state index is 12.4. The highest BCUT2D eigenvalue weighted by Gasteiger charge is 2.32. The zero-order valence-electron chi connectivity index (χ0n) is 15.0. The molecule has 26 heavy (non-hydrogen) atoms. The lowest BCUT2D eigenvalue weighted by atomic mass is 9.84. The second-order valence-corrected chi connectivity index (χ2v) is 10.7. The summed E-state index contributed by atoms with van der Waals surface area (Å²) in [7, 11) is -3.07. The van der Waals surface area contributed by atoms with Gasteiger partial charge < -0.3 is 4.74 Å². The van der Waals surface area contributed by atoms with Gasteiger partial charge in [-0.05, 0) is 49.4 Å². The molecule has 0 unspecified atom stereocenters. The quantitative estimate of drug-likeness (QED) is 0.767. The number of nitriles is 1. The Morgan fingerprint density at radius 3 is 2.58 bits per heavy atom. The van der Waals surface area contributed by atoms with Crippen molar-refractivity contribution < 1.29 is 13.2 Å². The number of thiophene rings is 1. The number of hydrogen-bond donors (Lipinski definition) is 0. The molecule has 0 amide bonds. The fraction of sp³-hybridized carbons (Fsp3) is 0.450. The zero-order chi connectivity index (χ0) is 18.7. The second kappa shape index (κ2) is 7.91. The maximum Gasteiger partial charge on any atom is 0.152 e. The molecular weight excluding hydrogens is 366 g/mol. The Bertz CT molecular complexity index is 892. The molecule has 0 saturated carbocycles. The van der Waals surface area contributed by atoms with E-state index < -0.39 is 9.84 Å². The summed E-state index contributed by atoms with van der Waals surface area (Å²) in [6.07, 6.45) is 0.773. The van der Waals surface area contributed by atoms with Gasteiger partial charge in [-0.15, -0.1) is 11.3 Å². The van der Waals surface area contributed by atoms with Crippen LogP contribution in [0.1, 0.15) is 36.6 Å². The standard InChI is InChI=1S/C20H23NO3S2/c1-14(2)26(22,23)13-17-9-10-24-12-19(17)15-3-5-16(6-4-15)20-8-7-18(11-21)25-20/h3-8,14,17,19H,9-10,12-13H2,1-2H3/t17-,19+/m1/s1. The molecule has 1 aliphatic heterocycles. The van der Waals surface area contributed by atoms with E-state index in [1.807, 2.05) is 24.3 Å². The highest BCUT2D eigenvalue weighted by molar-refractivity contribution is 7.91. The van der Waals surface area contributed by atoms with Gasteiger partial charge >= 0.3 is 0 Å². The molecule has 2 aromatic rings. The van der Waals surface area contributed by atoms with E-state index in [2.05, 4.69) is 18.2 Å². The lowest BCUT2D eigenvalue weighted by Gasteiger charge is -2.32. The van der Waals surface area contributed by atoms with Crippen LogP contribution < -0.4 is 0 Å². The largest absolute Gasteiger partial charge is 0.381 e.